The van der Waals surface area contributed by atoms with E-state index in [1.165, 1.54) is 9.21 Å². The Bertz CT molecular complexity index is 750. The number of anilines is 1. The summed E-state index contributed by atoms with van der Waals surface area (Å²) in [5.74, 6) is -0.104. The van der Waals surface area contributed by atoms with Crippen molar-refractivity contribution in [3.05, 3.63) is 28.8 Å². The van der Waals surface area contributed by atoms with Gasteiger partial charge in [0.05, 0.1) is 42.8 Å². The SMILES string of the molecule is O=C(NCC[NH+]1CCOCC1)c1ccc(Cl)c(N2CCCCS2(=O)=O)c1. The summed E-state index contributed by atoms with van der Waals surface area (Å²) >= 11 is 6.21. The molecule has 3 rings (SSSR count). The van der Waals surface area contributed by atoms with Crippen LogP contribution < -0.4 is 14.5 Å². The average molecular weight is 403 g/mol. The van der Waals surface area contributed by atoms with Crippen molar-refractivity contribution in [3.8, 4) is 0 Å². The van der Waals surface area contributed by atoms with Gasteiger partial charge < -0.3 is 15.0 Å². The molecule has 0 aromatic heterocycles. The van der Waals surface area contributed by atoms with Gasteiger partial charge in [-0.25, -0.2) is 8.42 Å². The second-order valence-corrected chi connectivity index (χ2v) is 9.05. The Kier molecular flexibility index (Phi) is 6.39. The number of quaternary nitrogens is 1. The molecule has 2 aliphatic rings. The van der Waals surface area contributed by atoms with Gasteiger partial charge in [0.1, 0.15) is 13.1 Å². The molecule has 7 nitrogen and oxygen atoms in total. The minimum Gasteiger partial charge on any atom is -0.370 e. The fraction of sp³-hybridized carbons (Fsp3) is 0.588. The standard InChI is InChI=1S/C17H24ClN3O4S/c18-15-4-3-14(13-16(15)21-6-1-2-12-26(21,23)24)17(22)19-5-7-20-8-10-25-11-9-20/h3-4,13H,1-2,5-12H2,(H,19,22)/p+1. The summed E-state index contributed by atoms with van der Waals surface area (Å²) in [5, 5.41) is 3.24. The number of carbonyl (C=O) groups is 1. The fourth-order valence-electron chi connectivity index (χ4n) is 3.27. The number of amides is 1. The number of hydrogen-bond donors (Lipinski definition) is 2. The molecule has 0 atom stereocenters. The quantitative estimate of drug-likeness (QED) is 0.721. The van der Waals surface area contributed by atoms with Crippen LogP contribution in [0.4, 0.5) is 5.69 Å². The van der Waals surface area contributed by atoms with Crippen LogP contribution in [-0.4, -0.2) is 66.0 Å². The largest absolute Gasteiger partial charge is 0.370 e. The van der Waals surface area contributed by atoms with Gasteiger partial charge in [-0.15, -0.1) is 0 Å². The molecule has 1 aromatic rings. The Morgan fingerprint density at radius 1 is 1.27 bits per heavy atom. The molecule has 1 amide bonds. The first-order chi connectivity index (χ1) is 12.5. The molecule has 0 aliphatic carbocycles. The van der Waals surface area contributed by atoms with Crippen molar-refractivity contribution >= 4 is 33.2 Å². The van der Waals surface area contributed by atoms with Crippen molar-refractivity contribution in [1.82, 2.24) is 5.32 Å². The Hall–Kier alpha value is -1.35. The first-order valence-electron chi connectivity index (χ1n) is 8.97. The summed E-state index contributed by atoms with van der Waals surface area (Å²) in [6.45, 7) is 5.22. The summed E-state index contributed by atoms with van der Waals surface area (Å²) < 4.78 is 31.3. The van der Waals surface area contributed by atoms with Crippen LogP contribution in [0.15, 0.2) is 18.2 Å². The highest BCUT2D eigenvalue weighted by molar-refractivity contribution is 7.92. The van der Waals surface area contributed by atoms with Crippen molar-refractivity contribution in [3.63, 3.8) is 0 Å². The lowest BCUT2D eigenvalue weighted by Crippen LogP contribution is -3.14. The normalized spacial score (nSPS) is 20.7. The molecular weight excluding hydrogens is 378 g/mol. The number of nitrogens with zero attached hydrogens (tertiary/aromatic N) is 1. The summed E-state index contributed by atoms with van der Waals surface area (Å²) in [6.07, 6.45) is 1.44. The zero-order chi connectivity index (χ0) is 18.6. The second-order valence-electron chi connectivity index (χ2n) is 6.63. The van der Waals surface area contributed by atoms with Gasteiger partial charge in [0, 0.05) is 12.1 Å². The first kappa shape index (κ1) is 19.4. The van der Waals surface area contributed by atoms with E-state index in [1.807, 2.05) is 0 Å². The third kappa shape index (κ3) is 4.68. The lowest BCUT2D eigenvalue weighted by atomic mass is 10.1. The Labute approximate surface area is 159 Å². The zero-order valence-corrected chi connectivity index (χ0v) is 16.2. The predicted molar refractivity (Wildman–Crippen MR) is 101 cm³/mol. The van der Waals surface area contributed by atoms with E-state index >= 15 is 0 Å². The maximum Gasteiger partial charge on any atom is 0.251 e. The van der Waals surface area contributed by atoms with E-state index in [2.05, 4.69) is 5.32 Å². The zero-order valence-electron chi connectivity index (χ0n) is 14.7. The van der Waals surface area contributed by atoms with Gasteiger partial charge in [-0.1, -0.05) is 11.6 Å². The molecule has 0 saturated carbocycles. The Morgan fingerprint density at radius 3 is 2.77 bits per heavy atom. The molecular formula is C17H25ClN3O4S+. The highest BCUT2D eigenvalue weighted by Gasteiger charge is 2.28. The summed E-state index contributed by atoms with van der Waals surface area (Å²) in [6, 6.07) is 4.78. The van der Waals surface area contributed by atoms with Gasteiger partial charge in [-0.3, -0.25) is 9.10 Å². The lowest BCUT2D eigenvalue weighted by Gasteiger charge is -2.29. The van der Waals surface area contributed by atoms with Gasteiger partial charge in [0.2, 0.25) is 10.0 Å². The highest BCUT2D eigenvalue weighted by Crippen LogP contribution is 2.31. The molecule has 0 radical (unpaired) electrons. The van der Waals surface area contributed by atoms with Crippen LogP contribution >= 0.6 is 11.6 Å². The topological polar surface area (TPSA) is 80.2 Å². The Morgan fingerprint density at radius 2 is 2.04 bits per heavy atom. The van der Waals surface area contributed by atoms with Crippen LogP contribution in [0.1, 0.15) is 23.2 Å². The van der Waals surface area contributed by atoms with Crippen LogP contribution in [0.3, 0.4) is 0 Å². The van der Waals surface area contributed by atoms with Crippen molar-refractivity contribution in [2.24, 2.45) is 0 Å². The molecule has 1 aromatic carbocycles. The molecule has 144 valence electrons. The minimum atomic E-state index is -3.37. The molecule has 2 fully saturated rings. The van der Waals surface area contributed by atoms with Crippen molar-refractivity contribution in [2.75, 3.05) is 56.0 Å². The Balaban J connectivity index is 1.65. The molecule has 9 heteroatoms. The van der Waals surface area contributed by atoms with Crippen molar-refractivity contribution in [2.45, 2.75) is 12.8 Å². The van der Waals surface area contributed by atoms with Gasteiger partial charge in [0.25, 0.3) is 5.91 Å². The van der Waals surface area contributed by atoms with Crippen LogP contribution in [0.2, 0.25) is 5.02 Å². The molecule has 2 N–H and O–H groups in total. The number of hydrogen-bond acceptors (Lipinski definition) is 4. The summed E-state index contributed by atoms with van der Waals surface area (Å²) in [7, 11) is -3.37. The predicted octanol–water partition coefficient (Wildman–Crippen LogP) is -0.0851. The highest BCUT2D eigenvalue weighted by atomic mass is 35.5. The number of rotatable bonds is 5. The number of carbonyl (C=O) groups excluding carboxylic acids is 1. The van der Waals surface area contributed by atoms with E-state index in [0.717, 1.165) is 39.3 Å². The van der Waals surface area contributed by atoms with Crippen LogP contribution in [0.25, 0.3) is 0 Å². The number of halogens is 1. The third-order valence-electron chi connectivity index (χ3n) is 4.79. The summed E-state index contributed by atoms with van der Waals surface area (Å²) in [4.78, 5) is 13.8. The van der Waals surface area contributed by atoms with Gasteiger partial charge >= 0.3 is 0 Å². The molecule has 2 aliphatic heterocycles. The van der Waals surface area contributed by atoms with Crippen molar-refractivity contribution < 1.29 is 22.8 Å². The molecule has 0 unspecified atom stereocenters. The first-order valence-corrected chi connectivity index (χ1v) is 11.0. The van der Waals surface area contributed by atoms with E-state index in [1.54, 1.807) is 18.2 Å². The maximum absolute atomic E-state index is 12.4. The van der Waals surface area contributed by atoms with Crippen LogP contribution in [0.5, 0.6) is 0 Å². The smallest absolute Gasteiger partial charge is 0.251 e. The van der Waals surface area contributed by atoms with E-state index in [9.17, 15) is 13.2 Å². The van der Waals surface area contributed by atoms with Gasteiger partial charge in [0.15, 0.2) is 0 Å². The van der Waals surface area contributed by atoms with E-state index in [-0.39, 0.29) is 11.7 Å². The monoisotopic (exact) mass is 402 g/mol. The van der Waals surface area contributed by atoms with E-state index in [0.29, 0.717) is 35.8 Å². The molecule has 26 heavy (non-hydrogen) atoms. The average Bonchev–Trinajstić information content (AvgIpc) is 2.63. The molecule has 2 heterocycles. The molecule has 0 bridgehead atoms. The molecule has 2 saturated heterocycles. The number of ether oxygens (including phenoxy) is 1. The van der Waals surface area contributed by atoms with Gasteiger partial charge in [-0.05, 0) is 31.0 Å². The molecule has 0 spiro atoms. The number of sulfonamides is 1. The fourth-order valence-corrected chi connectivity index (χ4v) is 5.19. The number of nitrogens with one attached hydrogen (secondary N) is 2. The van der Waals surface area contributed by atoms with Gasteiger partial charge in [-0.2, -0.15) is 0 Å². The van der Waals surface area contributed by atoms with E-state index in [4.69, 9.17) is 16.3 Å². The summed E-state index contributed by atoms with van der Waals surface area (Å²) in [5.41, 5.74) is 0.806. The lowest BCUT2D eigenvalue weighted by molar-refractivity contribution is -0.906. The number of benzene rings is 1. The third-order valence-corrected chi connectivity index (χ3v) is 6.97. The van der Waals surface area contributed by atoms with E-state index < -0.39 is 10.0 Å². The second kappa shape index (κ2) is 8.56. The van der Waals surface area contributed by atoms with Crippen LogP contribution in [-0.2, 0) is 14.8 Å². The minimum absolute atomic E-state index is 0.113. The van der Waals surface area contributed by atoms with Crippen molar-refractivity contribution in [1.29, 1.82) is 0 Å². The van der Waals surface area contributed by atoms with Crippen LogP contribution in [0, 0.1) is 0 Å². The maximum atomic E-state index is 12.4. The number of morpholine rings is 1.